The fourth-order valence-corrected chi connectivity index (χ4v) is 4.34. The van der Waals surface area contributed by atoms with Gasteiger partial charge in [-0.3, -0.25) is 4.79 Å². The topological polar surface area (TPSA) is 62.5 Å². The minimum absolute atomic E-state index is 0.0562. The molecular weight excluding hydrogens is 280 g/mol. The molecule has 1 aromatic rings. The number of hydrogen-bond acceptors (Lipinski definition) is 6. The van der Waals surface area contributed by atoms with Crippen molar-refractivity contribution < 1.29 is 4.79 Å². The molecule has 3 heterocycles. The van der Waals surface area contributed by atoms with Gasteiger partial charge in [-0.2, -0.15) is 11.8 Å². The van der Waals surface area contributed by atoms with Crippen molar-refractivity contribution in [2.24, 2.45) is 0 Å². The molecule has 2 saturated heterocycles. The molecule has 1 aromatic heterocycles. The van der Waals surface area contributed by atoms with E-state index in [1.807, 2.05) is 16.7 Å². The Hall–Kier alpha value is -0.950. The first-order valence-electron chi connectivity index (χ1n) is 6.64. The molecule has 2 fully saturated rings. The molecule has 2 aliphatic rings. The van der Waals surface area contributed by atoms with Crippen LogP contribution in [0.5, 0.6) is 0 Å². The van der Waals surface area contributed by atoms with Crippen molar-refractivity contribution >= 4 is 40.0 Å². The molecule has 0 bridgehead atoms. The maximum Gasteiger partial charge on any atom is 0.267 e. The SMILES string of the molecule is Nc1nc(N2CCCC2)sc1C(=O)N1CCSCC1. The van der Waals surface area contributed by atoms with Gasteiger partial charge >= 0.3 is 0 Å². The number of thioether (sulfide) groups is 1. The summed E-state index contributed by atoms with van der Waals surface area (Å²) in [4.78, 5) is 21.6. The molecule has 7 heteroatoms. The first kappa shape index (κ1) is 13.1. The van der Waals surface area contributed by atoms with E-state index in [0.717, 1.165) is 42.8 Å². The van der Waals surface area contributed by atoms with E-state index in [-0.39, 0.29) is 5.91 Å². The van der Waals surface area contributed by atoms with E-state index in [4.69, 9.17) is 5.73 Å². The van der Waals surface area contributed by atoms with Gasteiger partial charge < -0.3 is 15.5 Å². The number of amides is 1. The Labute approximate surface area is 121 Å². The Morgan fingerprint density at radius 1 is 1.16 bits per heavy atom. The van der Waals surface area contributed by atoms with Crippen molar-refractivity contribution in [2.45, 2.75) is 12.8 Å². The quantitative estimate of drug-likeness (QED) is 0.897. The molecule has 0 aliphatic carbocycles. The van der Waals surface area contributed by atoms with Gasteiger partial charge in [0, 0.05) is 37.7 Å². The lowest BCUT2D eigenvalue weighted by Gasteiger charge is -2.25. The second-order valence-electron chi connectivity index (χ2n) is 4.81. The monoisotopic (exact) mass is 298 g/mol. The number of carbonyl (C=O) groups is 1. The molecule has 2 aliphatic heterocycles. The van der Waals surface area contributed by atoms with Crippen molar-refractivity contribution in [3.63, 3.8) is 0 Å². The van der Waals surface area contributed by atoms with Gasteiger partial charge in [-0.1, -0.05) is 11.3 Å². The van der Waals surface area contributed by atoms with Crippen LogP contribution in [0.2, 0.25) is 0 Å². The van der Waals surface area contributed by atoms with Crippen LogP contribution in [0.4, 0.5) is 10.9 Å². The van der Waals surface area contributed by atoms with Crippen molar-refractivity contribution in [1.82, 2.24) is 9.88 Å². The summed E-state index contributed by atoms with van der Waals surface area (Å²) in [6.07, 6.45) is 2.40. The highest BCUT2D eigenvalue weighted by molar-refractivity contribution is 7.99. The molecule has 2 N–H and O–H groups in total. The summed E-state index contributed by atoms with van der Waals surface area (Å²) in [5, 5.41) is 0.907. The van der Waals surface area contributed by atoms with E-state index in [1.54, 1.807) is 0 Å². The lowest BCUT2D eigenvalue weighted by Crippen LogP contribution is -2.37. The van der Waals surface area contributed by atoms with Gasteiger partial charge in [0.2, 0.25) is 0 Å². The second kappa shape index (κ2) is 5.58. The van der Waals surface area contributed by atoms with E-state index in [1.165, 1.54) is 24.2 Å². The highest BCUT2D eigenvalue weighted by atomic mass is 32.2. The summed E-state index contributed by atoms with van der Waals surface area (Å²) in [5.41, 5.74) is 5.94. The third-order valence-corrected chi connectivity index (χ3v) is 5.57. The van der Waals surface area contributed by atoms with Crippen LogP contribution in [0.25, 0.3) is 0 Å². The van der Waals surface area contributed by atoms with Crippen LogP contribution in [0, 0.1) is 0 Å². The summed E-state index contributed by atoms with van der Waals surface area (Å²) >= 11 is 3.35. The summed E-state index contributed by atoms with van der Waals surface area (Å²) in [5.74, 6) is 2.49. The fourth-order valence-electron chi connectivity index (χ4n) is 2.43. The molecule has 5 nitrogen and oxygen atoms in total. The third kappa shape index (κ3) is 2.67. The van der Waals surface area contributed by atoms with E-state index < -0.39 is 0 Å². The van der Waals surface area contributed by atoms with Gasteiger partial charge in [-0.15, -0.1) is 0 Å². The van der Waals surface area contributed by atoms with Crippen molar-refractivity contribution in [2.75, 3.05) is 48.3 Å². The van der Waals surface area contributed by atoms with Crippen LogP contribution in [0.3, 0.4) is 0 Å². The number of nitrogen functional groups attached to an aromatic ring is 1. The van der Waals surface area contributed by atoms with Crippen LogP contribution >= 0.6 is 23.1 Å². The van der Waals surface area contributed by atoms with Gasteiger partial charge in [0.25, 0.3) is 5.91 Å². The normalized spacial score (nSPS) is 20.0. The largest absolute Gasteiger partial charge is 0.382 e. The summed E-state index contributed by atoms with van der Waals surface area (Å²) < 4.78 is 0. The van der Waals surface area contributed by atoms with E-state index in [9.17, 15) is 4.79 Å². The fraction of sp³-hybridized carbons (Fsp3) is 0.667. The van der Waals surface area contributed by atoms with E-state index in [0.29, 0.717) is 10.7 Å². The molecule has 0 saturated carbocycles. The number of rotatable bonds is 2. The van der Waals surface area contributed by atoms with Gasteiger partial charge in [-0.25, -0.2) is 4.98 Å². The number of hydrogen-bond donors (Lipinski definition) is 1. The number of anilines is 2. The summed E-state index contributed by atoms with van der Waals surface area (Å²) in [7, 11) is 0. The standard InChI is InChI=1S/C12H18N4OS2/c13-10-9(11(17)15-5-7-18-8-6-15)19-12(14-10)16-3-1-2-4-16/h1-8,13H2. The second-order valence-corrected chi connectivity index (χ2v) is 7.01. The number of nitrogens with two attached hydrogens (primary N) is 1. The Bertz CT molecular complexity index is 464. The molecule has 0 radical (unpaired) electrons. The number of nitrogens with zero attached hydrogens (tertiary/aromatic N) is 3. The summed E-state index contributed by atoms with van der Waals surface area (Å²) in [6.45, 7) is 3.70. The average Bonchev–Trinajstić information content (AvgIpc) is 3.08. The number of carbonyl (C=O) groups excluding carboxylic acids is 1. The molecule has 3 rings (SSSR count). The molecule has 1 amide bonds. The molecule has 104 valence electrons. The van der Waals surface area contributed by atoms with Crippen LogP contribution in [-0.4, -0.2) is 53.5 Å². The third-order valence-electron chi connectivity index (χ3n) is 3.51. The highest BCUT2D eigenvalue weighted by Gasteiger charge is 2.25. The Balaban J connectivity index is 1.77. The van der Waals surface area contributed by atoms with Crippen molar-refractivity contribution in [3.8, 4) is 0 Å². The Morgan fingerprint density at radius 2 is 1.84 bits per heavy atom. The minimum atomic E-state index is 0.0562. The van der Waals surface area contributed by atoms with Crippen LogP contribution in [-0.2, 0) is 0 Å². The number of aromatic nitrogens is 1. The molecule has 0 aromatic carbocycles. The molecule has 0 spiro atoms. The predicted octanol–water partition coefficient (Wildman–Crippen LogP) is 1.51. The van der Waals surface area contributed by atoms with Gasteiger partial charge in [0.1, 0.15) is 10.7 Å². The smallest absolute Gasteiger partial charge is 0.267 e. The molecule has 19 heavy (non-hydrogen) atoms. The Morgan fingerprint density at radius 3 is 2.53 bits per heavy atom. The zero-order valence-electron chi connectivity index (χ0n) is 10.8. The van der Waals surface area contributed by atoms with Crippen LogP contribution in [0.15, 0.2) is 0 Å². The Kier molecular flexibility index (Phi) is 3.83. The van der Waals surface area contributed by atoms with E-state index in [2.05, 4.69) is 9.88 Å². The van der Waals surface area contributed by atoms with E-state index >= 15 is 0 Å². The van der Waals surface area contributed by atoms with Gasteiger partial charge in [-0.05, 0) is 12.8 Å². The van der Waals surface area contributed by atoms with Crippen molar-refractivity contribution in [3.05, 3.63) is 4.88 Å². The predicted molar refractivity (Wildman–Crippen MR) is 81.2 cm³/mol. The maximum atomic E-state index is 12.4. The lowest BCUT2D eigenvalue weighted by atomic mass is 10.4. The van der Waals surface area contributed by atoms with Gasteiger partial charge in [0.15, 0.2) is 5.13 Å². The average molecular weight is 298 g/mol. The molecule has 0 atom stereocenters. The maximum absolute atomic E-state index is 12.4. The zero-order valence-corrected chi connectivity index (χ0v) is 12.4. The zero-order chi connectivity index (χ0) is 13.2. The first-order chi connectivity index (χ1) is 9.25. The number of thiazole rings is 1. The highest BCUT2D eigenvalue weighted by Crippen LogP contribution is 2.31. The molecular formula is C12H18N4OS2. The van der Waals surface area contributed by atoms with Gasteiger partial charge in [0.05, 0.1) is 0 Å². The van der Waals surface area contributed by atoms with Crippen LogP contribution < -0.4 is 10.6 Å². The van der Waals surface area contributed by atoms with Crippen LogP contribution in [0.1, 0.15) is 22.5 Å². The lowest BCUT2D eigenvalue weighted by molar-refractivity contribution is 0.0778. The minimum Gasteiger partial charge on any atom is -0.382 e. The summed E-state index contributed by atoms with van der Waals surface area (Å²) in [6, 6.07) is 0. The van der Waals surface area contributed by atoms with Crippen molar-refractivity contribution in [1.29, 1.82) is 0 Å². The first-order valence-corrected chi connectivity index (χ1v) is 8.61. The molecule has 0 unspecified atom stereocenters.